The Morgan fingerprint density at radius 2 is 2.31 bits per heavy atom. The van der Waals surface area contributed by atoms with Crippen LogP contribution in [0.1, 0.15) is 35.1 Å². The molecule has 16 heavy (non-hydrogen) atoms. The molecule has 0 unspecified atom stereocenters. The number of aromatic nitrogens is 1. The molecule has 4 nitrogen and oxygen atoms in total. The van der Waals surface area contributed by atoms with E-state index in [1.807, 2.05) is 6.92 Å². The zero-order valence-electron chi connectivity index (χ0n) is 9.82. The van der Waals surface area contributed by atoms with Gasteiger partial charge in [-0.1, -0.05) is 11.3 Å². The molecule has 0 spiro atoms. The Morgan fingerprint density at radius 3 is 2.81 bits per heavy atom. The molecule has 0 saturated heterocycles. The number of esters is 1. The molecule has 2 rings (SSSR count). The van der Waals surface area contributed by atoms with E-state index in [0.29, 0.717) is 10.9 Å². The van der Waals surface area contributed by atoms with Crippen molar-refractivity contribution in [3.05, 3.63) is 10.6 Å². The average molecular weight is 240 g/mol. The van der Waals surface area contributed by atoms with Gasteiger partial charge in [-0.3, -0.25) is 0 Å². The fourth-order valence-corrected chi connectivity index (χ4v) is 2.84. The quantitative estimate of drug-likeness (QED) is 0.757. The third-order valence-electron chi connectivity index (χ3n) is 2.73. The van der Waals surface area contributed by atoms with Crippen molar-refractivity contribution in [3.8, 4) is 0 Å². The first-order chi connectivity index (χ1) is 7.67. The number of nitrogens with zero attached hydrogens (tertiary/aromatic N) is 2. The molecule has 0 amide bonds. The lowest BCUT2D eigenvalue weighted by molar-refractivity contribution is 0.0605. The highest BCUT2D eigenvalue weighted by Gasteiger charge is 2.31. The van der Waals surface area contributed by atoms with E-state index >= 15 is 0 Å². The number of aryl methyl sites for hydroxylation is 1. The molecule has 0 N–H and O–H groups in total. The molecule has 1 aliphatic carbocycles. The van der Waals surface area contributed by atoms with Gasteiger partial charge >= 0.3 is 5.97 Å². The van der Waals surface area contributed by atoms with Gasteiger partial charge in [-0.05, 0) is 26.7 Å². The standard InChI is InChI=1S/C11H16N2O2S/c1-4-13(8-5-6-8)11-12-7(2)9(16-11)10(14)15-3/h8H,4-6H2,1-3H3. The Balaban J connectivity index is 2.25. The molecule has 1 heterocycles. The summed E-state index contributed by atoms with van der Waals surface area (Å²) in [5, 5.41) is 0.947. The molecule has 1 aromatic heterocycles. The van der Waals surface area contributed by atoms with Crippen molar-refractivity contribution in [3.63, 3.8) is 0 Å². The predicted octanol–water partition coefficient (Wildman–Crippen LogP) is 2.23. The Hall–Kier alpha value is -1.10. The number of rotatable bonds is 4. The van der Waals surface area contributed by atoms with Gasteiger partial charge in [0.15, 0.2) is 5.13 Å². The van der Waals surface area contributed by atoms with Crippen molar-refractivity contribution < 1.29 is 9.53 Å². The van der Waals surface area contributed by atoms with Crippen molar-refractivity contribution >= 4 is 22.4 Å². The van der Waals surface area contributed by atoms with Gasteiger partial charge in [0.1, 0.15) is 4.88 Å². The van der Waals surface area contributed by atoms with Gasteiger partial charge in [-0.2, -0.15) is 0 Å². The van der Waals surface area contributed by atoms with Crippen molar-refractivity contribution in [2.75, 3.05) is 18.6 Å². The summed E-state index contributed by atoms with van der Waals surface area (Å²) < 4.78 is 4.73. The fourth-order valence-electron chi connectivity index (χ4n) is 1.72. The van der Waals surface area contributed by atoms with Crippen LogP contribution in [0.5, 0.6) is 0 Å². The van der Waals surface area contributed by atoms with E-state index in [1.54, 1.807) is 0 Å². The van der Waals surface area contributed by atoms with Gasteiger partial charge in [0.2, 0.25) is 0 Å². The van der Waals surface area contributed by atoms with E-state index in [-0.39, 0.29) is 5.97 Å². The number of carbonyl (C=O) groups excluding carboxylic acids is 1. The predicted molar refractivity (Wildman–Crippen MR) is 64.2 cm³/mol. The van der Waals surface area contributed by atoms with Gasteiger partial charge in [-0.15, -0.1) is 0 Å². The number of methoxy groups -OCH3 is 1. The van der Waals surface area contributed by atoms with E-state index in [2.05, 4.69) is 16.8 Å². The lowest BCUT2D eigenvalue weighted by atomic mass is 10.4. The highest BCUT2D eigenvalue weighted by molar-refractivity contribution is 7.17. The minimum atomic E-state index is -0.284. The Morgan fingerprint density at radius 1 is 1.62 bits per heavy atom. The van der Waals surface area contributed by atoms with Crippen LogP contribution in [0.25, 0.3) is 0 Å². The summed E-state index contributed by atoms with van der Waals surface area (Å²) in [5.74, 6) is -0.284. The minimum Gasteiger partial charge on any atom is -0.465 e. The van der Waals surface area contributed by atoms with E-state index in [0.717, 1.165) is 17.4 Å². The van der Waals surface area contributed by atoms with Gasteiger partial charge in [0.05, 0.1) is 12.8 Å². The maximum atomic E-state index is 11.5. The molecule has 1 saturated carbocycles. The Labute approximate surface area is 99.2 Å². The van der Waals surface area contributed by atoms with Crippen LogP contribution in [0.3, 0.4) is 0 Å². The lowest BCUT2D eigenvalue weighted by Crippen LogP contribution is -2.24. The fraction of sp³-hybridized carbons (Fsp3) is 0.636. The summed E-state index contributed by atoms with van der Waals surface area (Å²) in [6.07, 6.45) is 2.47. The van der Waals surface area contributed by atoms with Gasteiger partial charge in [-0.25, -0.2) is 9.78 Å². The lowest BCUT2D eigenvalue weighted by Gasteiger charge is -2.18. The molecule has 1 aliphatic rings. The molecular formula is C11H16N2O2S. The summed E-state index contributed by atoms with van der Waals surface area (Å²) in [6, 6.07) is 0.626. The highest BCUT2D eigenvalue weighted by Crippen LogP contribution is 2.35. The van der Waals surface area contributed by atoms with E-state index in [4.69, 9.17) is 4.74 Å². The molecule has 0 atom stereocenters. The van der Waals surface area contributed by atoms with Crippen molar-refractivity contribution in [1.29, 1.82) is 0 Å². The number of hydrogen-bond donors (Lipinski definition) is 0. The highest BCUT2D eigenvalue weighted by atomic mass is 32.1. The Kier molecular flexibility index (Phi) is 3.14. The van der Waals surface area contributed by atoms with Crippen LogP contribution in [0.2, 0.25) is 0 Å². The second-order valence-electron chi connectivity index (χ2n) is 3.92. The van der Waals surface area contributed by atoms with Crippen molar-refractivity contribution in [2.24, 2.45) is 0 Å². The van der Waals surface area contributed by atoms with E-state index in [9.17, 15) is 4.79 Å². The molecule has 1 fully saturated rings. The molecule has 88 valence electrons. The summed E-state index contributed by atoms with van der Waals surface area (Å²) in [7, 11) is 1.40. The van der Waals surface area contributed by atoms with Gasteiger partial charge in [0, 0.05) is 12.6 Å². The zero-order valence-corrected chi connectivity index (χ0v) is 10.6. The first-order valence-corrected chi connectivity index (χ1v) is 6.31. The van der Waals surface area contributed by atoms with Crippen molar-refractivity contribution in [1.82, 2.24) is 4.98 Å². The molecule has 1 aromatic rings. The second kappa shape index (κ2) is 4.41. The third-order valence-corrected chi connectivity index (χ3v) is 3.90. The van der Waals surface area contributed by atoms with Gasteiger partial charge < -0.3 is 9.64 Å². The summed E-state index contributed by atoms with van der Waals surface area (Å²) >= 11 is 1.43. The third kappa shape index (κ3) is 2.04. The number of ether oxygens (including phenoxy) is 1. The van der Waals surface area contributed by atoms with Crippen molar-refractivity contribution in [2.45, 2.75) is 32.7 Å². The number of anilines is 1. The average Bonchev–Trinajstić information content (AvgIpc) is 3.03. The maximum Gasteiger partial charge on any atom is 0.350 e. The Bertz CT molecular complexity index is 399. The van der Waals surface area contributed by atoms with E-state index in [1.165, 1.54) is 31.3 Å². The SMILES string of the molecule is CCN(c1nc(C)c(C(=O)OC)s1)C1CC1. The molecular weight excluding hydrogens is 224 g/mol. The van der Waals surface area contributed by atoms with Crippen LogP contribution in [-0.4, -0.2) is 30.6 Å². The minimum absolute atomic E-state index is 0.284. The number of hydrogen-bond acceptors (Lipinski definition) is 5. The molecule has 0 radical (unpaired) electrons. The number of carbonyl (C=O) groups is 1. The normalized spacial score (nSPS) is 14.9. The molecule has 0 bridgehead atoms. The van der Waals surface area contributed by atoms with Crippen LogP contribution in [0, 0.1) is 6.92 Å². The van der Waals surface area contributed by atoms with Crippen LogP contribution >= 0.6 is 11.3 Å². The second-order valence-corrected chi connectivity index (χ2v) is 4.90. The first kappa shape index (κ1) is 11.4. The van der Waals surface area contributed by atoms with Gasteiger partial charge in [0.25, 0.3) is 0 Å². The molecule has 0 aliphatic heterocycles. The maximum absolute atomic E-state index is 11.5. The smallest absolute Gasteiger partial charge is 0.350 e. The van der Waals surface area contributed by atoms with Crippen LogP contribution in [0.4, 0.5) is 5.13 Å². The number of thiazole rings is 1. The monoisotopic (exact) mass is 240 g/mol. The van der Waals surface area contributed by atoms with Crippen LogP contribution in [0.15, 0.2) is 0 Å². The largest absolute Gasteiger partial charge is 0.465 e. The zero-order chi connectivity index (χ0) is 11.7. The molecule has 0 aromatic carbocycles. The first-order valence-electron chi connectivity index (χ1n) is 5.49. The topological polar surface area (TPSA) is 42.4 Å². The summed E-state index contributed by atoms with van der Waals surface area (Å²) in [5.41, 5.74) is 0.769. The van der Waals surface area contributed by atoms with Crippen LogP contribution in [-0.2, 0) is 4.74 Å². The van der Waals surface area contributed by atoms with Crippen LogP contribution < -0.4 is 4.90 Å². The van der Waals surface area contributed by atoms with E-state index < -0.39 is 0 Å². The summed E-state index contributed by atoms with van der Waals surface area (Å²) in [4.78, 5) is 18.8. The summed E-state index contributed by atoms with van der Waals surface area (Å²) in [6.45, 7) is 4.91. The molecule has 5 heteroatoms.